The van der Waals surface area contributed by atoms with Crippen LogP contribution in [0.3, 0.4) is 0 Å². The van der Waals surface area contributed by atoms with Crippen molar-refractivity contribution in [1.82, 2.24) is 5.32 Å². The lowest BCUT2D eigenvalue weighted by molar-refractivity contribution is 0.0913. The molecule has 0 aromatic heterocycles. The van der Waals surface area contributed by atoms with E-state index in [0.29, 0.717) is 10.9 Å². The molecule has 0 aliphatic rings. The molecule has 1 aromatic carbocycles. The van der Waals surface area contributed by atoms with E-state index in [1.807, 2.05) is 13.8 Å². The lowest BCUT2D eigenvalue weighted by Crippen LogP contribution is -2.46. The minimum Gasteiger partial charge on any atom is -0.506 e. The van der Waals surface area contributed by atoms with E-state index in [-0.39, 0.29) is 22.2 Å². The van der Waals surface area contributed by atoms with Crippen LogP contribution in [-0.4, -0.2) is 21.9 Å². The molecular weight excluding hydrogens is 305 g/mol. The molecule has 1 aromatic rings. The number of phenols is 1. The van der Waals surface area contributed by atoms with Crippen LogP contribution in [0.25, 0.3) is 0 Å². The van der Waals surface area contributed by atoms with E-state index < -0.39 is 0 Å². The number of alkyl halides is 1. The van der Waals surface area contributed by atoms with Gasteiger partial charge in [-0.1, -0.05) is 34.5 Å². The molecule has 5 heteroatoms. The van der Waals surface area contributed by atoms with Crippen molar-refractivity contribution in [3.05, 3.63) is 28.8 Å². The summed E-state index contributed by atoms with van der Waals surface area (Å²) in [6, 6.07) is 4.41. The summed E-state index contributed by atoms with van der Waals surface area (Å²) in [4.78, 5) is 12.0. The molecule has 0 aliphatic heterocycles. The van der Waals surface area contributed by atoms with E-state index in [1.165, 1.54) is 12.1 Å². The van der Waals surface area contributed by atoms with Gasteiger partial charge in [-0.25, -0.2) is 0 Å². The molecule has 2 N–H and O–H groups in total. The quantitative estimate of drug-likeness (QED) is 0.836. The summed E-state index contributed by atoms with van der Waals surface area (Å²) in [5.41, 5.74) is 0.148. The van der Waals surface area contributed by atoms with Crippen LogP contribution in [0.4, 0.5) is 0 Å². The standard InChI is InChI=1S/C12H15BrClNO2/c1-3-12(2,7-13)15-11(17)8-4-5-10(16)9(14)6-8/h4-6,16H,3,7H2,1-2H3,(H,15,17). The van der Waals surface area contributed by atoms with Crippen LogP contribution in [0, 0.1) is 0 Å². The second-order valence-electron chi connectivity index (χ2n) is 4.17. The average molecular weight is 321 g/mol. The van der Waals surface area contributed by atoms with Crippen molar-refractivity contribution in [1.29, 1.82) is 0 Å². The SMILES string of the molecule is CCC(C)(CBr)NC(=O)c1ccc(O)c(Cl)c1. The van der Waals surface area contributed by atoms with Crippen LogP contribution in [0.15, 0.2) is 18.2 Å². The van der Waals surface area contributed by atoms with Crippen LogP contribution in [0.5, 0.6) is 5.75 Å². The zero-order valence-corrected chi connectivity index (χ0v) is 12.1. The van der Waals surface area contributed by atoms with Gasteiger partial charge in [0, 0.05) is 16.4 Å². The number of hydrogen-bond donors (Lipinski definition) is 2. The maximum Gasteiger partial charge on any atom is 0.251 e. The second kappa shape index (κ2) is 5.74. The van der Waals surface area contributed by atoms with Gasteiger partial charge < -0.3 is 10.4 Å². The van der Waals surface area contributed by atoms with Crippen molar-refractivity contribution in [3.63, 3.8) is 0 Å². The van der Waals surface area contributed by atoms with Crippen molar-refractivity contribution >= 4 is 33.4 Å². The summed E-state index contributed by atoms with van der Waals surface area (Å²) in [6.07, 6.45) is 0.815. The zero-order chi connectivity index (χ0) is 13.1. The number of phenolic OH excluding ortho intramolecular Hbond substituents is 1. The highest BCUT2D eigenvalue weighted by Gasteiger charge is 2.23. The zero-order valence-electron chi connectivity index (χ0n) is 9.76. The van der Waals surface area contributed by atoms with Crippen molar-refractivity contribution in [3.8, 4) is 5.75 Å². The van der Waals surface area contributed by atoms with Crippen LogP contribution in [-0.2, 0) is 0 Å². The molecule has 0 spiro atoms. The molecule has 0 radical (unpaired) electrons. The Morgan fingerprint density at radius 2 is 2.24 bits per heavy atom. The molecule has 0 saturated heterocycles. The number of benzene rings is 1. The van der Waals surface area contributed by atoms with Crippen molar-refractivity contribution in [2.45, 2.75) is 25.8 Å². The van der Waals surface area contributed by atoms with Gasteiger partial charge in [-0.05, 0) is 31.5 Å². The van der Waals surface area contributed by atoms with Gasteiger partial charge in [-0.15, -0.1) is 0 Å². The van der Waals surface area contributed by atoms with Crippen LogP contribution >= 0.6 is 27.5 Å². The predicted octanol–water partition coefficient (Wildman–Crippen LogP) is 3.34. The Balaban J connectivity index is 2.86. The molecule has 94 valence electrons. The highest BCUT2D eigenvalue weighted by atomic mass is 79.9. The molecule has 0 bridgehead atoms. The van der Waals surface area contributed by atoms with Gasteiger partial charge in [0.2, 0.25) is 0 Å². The van der Waals surface area contributed by atoms with Crippen LogP contribution in [0.1, 0.15) is 30.6 Å². The second-order valence-corrected chi connectivity index (χ2v) is 5.14. The molecule has 0 fully saturated rings. The lowest BCUT2D eigenvalue weighted by atomic mass is 10.0. The summed E-state index contributed by atoms with van der Waals surface area (Å²) >= 11 is 9.14. The Morgan fingerprint density at radius 3 is 2.71 bits per heavy atom. The minimum absolute atomic E-state index is 0.0260. The monoisotopic (exact) mass is 319 g/mol. The number of carbonyl (C=O) groups is 1. The van der Waals surface area contributed by atoms with E-state index in [2.05, 4.69) is 21.2 Å². The molecule has 1 rings (SSSR count). The minimum atomic E-state index is -0.290. The van der Waals surface area contributed by atoms with Crippen molar-refractivity contribution in [2.75, 3.05) is 5.33 Å². The number of hydrogen-bond acceptors (Lipinski definition) is 2. The summed E-state index contributed by atoms with van der Waals surface area (Å²) in [5, 5.41) is 13.1. The first-order valence-corrected chi connectivity index (χ1v) is 6.79. The van der Waals surface area contributed by atoms with E-state index in [9.17, 15) is 9.90 Å². The van der Waals surface area contributed by atoms with E-state index in [1.54, 1.807) is 6.07 Å². The third-order valence-electron chi connectivity index (χ3n) is 2.70. The number of aromatic hydroxyl groups is 1. The first-order valence-electron chi connectivity index (χ1n) is 5.29. The molecule has 1 atom stereocenters. The topological polar surface area (TPSA) is 49.3 Å². The number of rotatable bonds is 4. The van der Waals surface area contributed by atoms with Crippen molar-refractivity contribution < 1.29 is 9.90 Å². The number of carbonyl (C=O) groups excluding carboxylic acids is 1. The summed E-state index contributed by atoms with van der Waals surface area (Å²) < 4.78 is 0. The molecule has 0 heterocycles. The largest absolute Gasteiger partial charge is 0.506 e. The predicted molar refractivity (Wildman–Crippen MR) is 73.1 cm³/mol. The first-order chi connectivity index (χ1) is 7.91. The molecule has 1 unspecified atom stereocenters. The van der Waals surface area contributed by atoms with Gasteiger partial charge in [-0.2, -0.15) is 0 Å². The highest BCUT2D eigenvalue weighted by molar-refractivity contribution is 9.09. The van der Waals surface area contributed by atoms with Gasteiger partial charge in [-0.3, -0.25) is 4.79 Å². The Labute approximate surface area is 114 Å². The maximum atomic E-state index is 12.0. The van der Waals surface area contributed by atoms with E-state index >= 15 is 0 Å². The maximum absolute atomic E-state index is 12.0. The Morgan fingerprint density at radius 1 is 1.59 bits per heavy atom. The molecule has 1 amide bonds. The van der Waals surface area contributed by atoms with Gasteiger partial charge in [0.25, 0.3) is 5.91 Å². The molecule has 0 aliphatic carbocycles. The summed E-state index contributed by atoms with van der Waals surface area (Å²) in [6.45, 7) is 3.97. The van der Waals surface area contributed by atoms with Crippen molar-refractivity contribution in [2.24, 2.45) is 0 Å². The Hall–Kier alpha value is -0.740. The fourth-order valence-corrected chi connectivity index (χ4v) is 1.93. The van der Waals surface area contributed by atoms with Crippen LogP contribution < -0.4 is 5.32 Å². The van der Waals surface area contributed by atoms with Gasteiger partial charge in [0.1, 0.15) is 5.75 Å². The smallest absolute Gasteiger partial charge is 0.251 e. The highest BCUT2D eigenvalue weighted by Crippen LogP contribution is 2.24. The lowest BCUT2D eigenvalue weighted by Gasteiger charge is -2.27. The number of nitrogens with one attached hydrogen (secondary N) is 1. The first kappa shape index (κ1) is 14.3. The summed E-state index contributed by atoms with van der Waals surface area (Å²) in [5.74, 6) is -0.224. The normalized spacial score (nSPS) is 14.1. The van der Waals surface area contributed by atoms with Gasteiger partial charge in [0.05, 0.1) is 5.02 Å². The van der Waals surface area contributed by atoms with Crippen LogP contribution in [0.2, 0.25) is 5.02 Å². The molecule has 17 heavy (non-hydrogen) atoms. The fraction of sp³-hybridized carbons (Fsp3) is 0.417. The molecule has 0 saturated carbocycles. The molecular formula is C12H15BrClNO2. The average Bonchev–Trinajstić information content (AvgIpc) is 2.32. The third-order valence-corrected chi connectivity index (χ3v) is 4.24. The molecule has 3 nitrogen and oxygen atoms in total. The Bertz CT molecular complexity index is 419. The number of halogens is 2. The third kappa shape index (κ3) is 3.61. The Kier molecular flexibility index (Phi) is 4.83. The van der Waals surface area contributed by atoms with E-state index in [4.69, 9.17) is 11.6 Å². The van der Waals surface area contributed by atoms with Gasteiger partial charge in [0.15, 0.2) is 0 Å². The number of amides is 1. The fourth-order valence-electron chi connectivity index (χ4n) is 1.21. The van der Waals surface area contributed by atoms with Gasteiger partial charge >= 0.3 is 0 Å². The summed E-state index contributed by atoms with van der Waals surface area (Å²) in [7, 11) is 0. The van der Waals surface area contributed by atoms with E-state index in [0.717, 1.165) is 6.42 Å².